The van der Waals surface area contributed by atoms with Crippen molar-refractivity contribution >= 4 is 17.4 Å². The number of likely N-dealkylation sites (tertiary alicyclic amines) is 1. The Kier molecular flexibility index (Phi) is 5.50. The van der Waals surface area contributed by atoms with E-state index >= 15 is 0 Å². The molecular formula is C26H25F2N3O2. The first-order chi connectivity index (χ1) is 16.0. The topological polar surface area (TPSA) is 55.8 Å². The Morgan fingerprint density at radius 1 is 1.00 bits per heavy atom. The van der Waals surface area contributed by atoms with Crippen LogP contribution < -0.4 is 10.2 Å². The fourth-order valence-electron chi connectivity index (χ4n) is 5.23. The third-order valence-electron chi connectivity index (χ3n) is 6.88. The molecule has 0 unspecified atom stereocenters. The van der Waals surface area contributed by atoms with Crippen LogP contribution in [0.25, 0.3) is 11.1 Å². The Hall–Kier alpha value is -3.45. The Labute approximate surface area is 191 Å². The zero-order valence-electron chi connectivity index (χ0n) is 18.2. The number of nitrogens with one attached hydrogen (secondary N) is 1. The Morgan fingerprint density at radius 2 is 1.64 bits per heavy atom. The second-order valence-electron chi connectivity index (χ2n) is 8.67. The highest BCUT2D eigenvalue weighted by molar-refractivity contribution is 5.90. The van der Waals surface area contributed by atoms with Crippen molar-refractivity contribution in [2.24, 2.45) is 5.92 Å². The molecule has 2 aliphatic rings. The summed E-state index contributed by atoms with van der Waals surface area (Å²) >= 11 is 0. The molecule has 5 nitrogen and oxygen atoms in total. The standard InChI is InChI=1S/C26H25F2N3O2/c1-30-23-11-4-17(16-2-5-18(27)6-3-16)14-22(23)25-21(24(30)15-32)12-13-31(25)26(33)29-20-9-7-19(28)8-10-20/h2-11,14,21,24-25,32H,12-13,15H2,1H3,(H,29,33)/t21-,24-,25-/m0/s1. The van der Waals surface area contributed by atoms with E-state index in [1.807, 2.05) is 19.2 Å². The van der Waals surface area contributed by atoms with E-state index in [-0.39, 0.29) is 42.3 Å². The summed E-state index contributed by atoms with van der Waals surface area (Å²) in [5, 5.41) is 13.0. The predicted octanol–water partition coefficient (Wildman–Crippen LogP) is 5.04. The molecular weight excluding hydrogens is 424 g/mol. The molecule has 170 valence electrons. The van der Waals surface area contributed by atoms with Crippen molar-refractivity contribution in [3.63, 3.8) is 0 Å². The van der Waals surface area contributed by atoms with Gasteiger partial charge in [0.15, 0.2) is 0 Å². The number of aliphatic hydroxyl groups excluding tert-OH is 1. The van der Waals surface area contributed by atoms with Crippen molar-refractivity contribution in [1.82, 2.24) is 4.90 Å². The van der Waals surface area contributed by atoms with Gasteiger partial charge in [-0.05, 0) is 71.6 Å². The summed E-state index contributed by atoms with van der Waals surface area (Å²) in [6.07, 6.45) is 0.761. The number of halogens is 2. The van der Waals surface area contributed by atoms with Gasteiger partial charge in [-0.2, -0.15) is 0 Å². The van der Waals surface area contributed by atoms with Crippen LogP contribution in [0.4, 0.5) is 25.0 Å². The lowest BCUT2D eigenvalue weighted by Gasteiger charge is -2.44. The molecule has 0 aromatic heterocycles. The Balaban J connectivity index is 1.52. The highest BCUT2D eigenvalue weighted by Gasteiger charge is 2.47. The van der Waals surface area contributed by atoms with Crippen LogP contribution >= 0.6 is 0 Å². The minimum atomic E-state index is -0.363. The van der Waals surface area contributed by atoms with Crippen molar-refractivity contribution in [2.75, 3.05) is 30.4 Å². The van der Waals surface area contributed by atoms with Crippen molar-refractivity contribution in [1.29, 1.82) is 0 Å². The molecule has 3 atom stereocenters. The summed E-state index contributed by atoms with van der Waals surface area (Å²) < 4.78 is 26.7. The van der Waals surface area contributed by atoms with E-state index in [1.165, 1.54) is 36.4 Å². The van der Waals surface area contributed by atoms with E-state index in [9.17, 15) is 18.7 Å². The molecule has 2 heterocycles. The van der Waals surface area contributed by atoms with Crippen molar-refractivity contribution in [3.05, 3.63) is 83.9 Å². The van der Waals surface area contributed by atoms with E-state index < -0.39 is 0 Å². The largest absolute Gasteiger partial charge is 0.394 e. The lowest BCUT2D eigenvalue weighted by Crippen LogP contribution is -2.48. The van der Waals surface area contributed by atoms with Crippen LogP contribution in [0.1, 0.15) is 18.0 Å². The lowest BCUT2D eigenvalue weighted by molar-refractivity contribution is 0.168. The van der Waals surface area contributed by atoms with E-state index in [4.69, 9.17) is 0 Å². The van der Waals surface area contributed by atoms with Gasteiger partial charge < -0.3 is 20.2 Å². The molecule has 0 radical (unpaired) electrons. The van der Waals surface area contributed by atoms with Crippen LogP contribution in [-0.2, 0) is 0 Å². The van der Waals surface area contributed by atoms with Crippen LogP contribution in [-0.4, -0.2) is 42.3 Å². The summed E-state index contributed by atoms with van der Waals surface area (Å²) in [6.45, 7) is 0.539. The van der Waals surface area contributed by atoms with Gasteiger partial charge >= 0.3 is 6.03 Å². The zero-order valence-corrected chi connectivity index (χ0v) is 18.2. The number of likely N-dealkylation sites (N-methyl/N-ethyl adjacent to an activating group) is 1. The van der Waals surface area contributed by atoms with Gasteiger partial charge in [-0.15, -0.1) is 0 Å². The Bertz CT molecular complexity index is 1170. The van der Waals surface area contributed by atoms with Gasteiger partial charge in [0, 0.05) is 30.9 Å². The van der Waals surface area contributed by atoms with Crippen molar-refractivity contribution < 1.29 is 18.7 Å². The molecule has 2 N–H and O–H groups in total. The number of amides is 2. The van der Waals surface area contributed by atoms with E-state index in [1.54, 1.807) is 17.0 Å². The van der Waals surface area contributed by atoms with E-state index in [0.717, 1.165) is 28.8 Å². The molecule has 2 aliphatic heterocycles. The van der Waals surface area contributed by atoms with Gasteiger partial charge in [0.25, 0.3) is 0 Å². The number of hydrogen-bond acceptors (Lipinski definition) is 3. The minimum absolute atomic E-state index is 0.00968. The maximum absolute atomic E-state index is 13.4. The van der Waals surface area contributed by atoms with Gasteiger partial charge in [0.1, 0.15) is 11.6 Å². The van der Waals surface area contributed by atoms with Gasteiger partial charge in [-0.1, -0.05) is 18.2 Å². The van der Waals surface area contributed by atoms with Crippen molar-refractivity contribution in [2.45, 2.75) is 18.5 Å². The lowest BCUT2D eigenvalue weighted by atomic mass is 9.81. The van der Waals surface area contributed by atoms with Crippen LogP contribution in [0.3, 0.4) is 0 Å². The summed E-state index contributed by atoms with van der Waals surface area (Å²) in [4.78, 5) is 17.1. The SMILES string of the molecule is CN1c2ccc(-c3ccc(F)cc3)cc2[C@@H]2[C@@H](CCN2C(=O)Nc2ccc(F)cc2)[C@@H]1CO. The molecule has 7 heteroatoms. The number of hydrogen-bond donors (Lipinski definition) is 2. The molecule has 0 aliphatic carbocycles. The maximum atomic E-state index is 13.4. The maximum Gasteiger partial charge on any atom is 0.322 e. The molecule has 0 saturated carbocycles. The number of anilines is 2. The first-order valence-corrected chi connectivity index (χ1v) is 11.0. The molecule has 5 rings (SSSR count). The molecule has 3 aromatic carbocycles. The summed E-state index contributed by atoms with van der Waals surface area (Å²) in [7, 11) is 1.97. The van der Waals surface area contributed by atoms with Gasteiger partial charge in [0.2, 0.25) is 0 Å². The summed E-state index contributed by atoms with van der Waals surface area (Å²) in [5.41, 5.74) is 4.32. The fraction of sp³-hybridized carbons (Fsp3) is 0.269. The minimum Gasteiger partial charge on any atom is -0.394 e. The van der Waals surface area contributed by atoms with Crippen LogP contribution in [0, 0.1) is 17.6 Å². The molecule has 3 aromatic rings. The monoisotopic (exact) mass is 449 g/mol. The molecule has 1 saturated heterocycles. The quantitative estimate of drug-likeness (QED) is 0.589. The van der Waals surface area contributed by atoms with Crippen LogP contribution in [0.5, 0.6) is 0 Å². The normalized spacial score (nSPS) is 21.5. The summed E-state index contributed by atoms with van der Waals surface area (Å²) in [5.74, 6) is -0.589. The number of aliphatic hydroxyl groups is 1. The average molecular weight is 450 g/mol. The third-order valence-corrected chi connectivity index (χ3v) is 6.88. The van der Waals surface area contributed by atoms with Gasteiger partial charge in [0.05, 0.1) is 18.7 Å². The van der Waals surface area contributed by atoms with E-state index in [0.29, 0.717) is 12.2 Å². The first kappa shape index (κ1) is 21.4. The predicted molar refractivity (Wildman–Crippen MR) is 124 cm³/mol. The molecule has 33 heavy (non-hydrogen) atoms. The number of fused-ring (bicyclic) bond motifs is 3. The number of rotatable bonds is 3. The number of carbonyl (C=O) groups excluding carboxylic acids is 1. The molecule has 0 spiro atoms. The summed E-state index contributed by atoms with van der Waals surface area (Å²) in [6, 6.07) is 17.5. The number of nitrogens with zero attached hydrogens (tertiary/aromatic N) is 2. The smallest absolute Gasteiger partial charge is 0.322 e. The first-order valence-electron chi connectivity index (χ1n) is 11.0. The Morgan fingerprint density at radius 3 is 2.30 bits per heavy atom. The highest BCUT2D eigenvalue weighted by Crippen LogP contribution is 2.49. The average Bonchev–Trinajstić information content (AvgIpc) is 3.26. The third kappa shape index (κ3) is 3.82. The van der Waals surface area contributed by atoms with E-state index in [2.05, 4.69) is 16.3 Å². The number of carbonyl (C=O) groups is 1. The molecule has 1 fully saturated rings. The molecule has 0 bridgehead atoms. The fourth-order valence-corrected chi connectivity index (χ4v) is 5.23. The second kappa shape index (κ2) is 8.48. The van der Waals surface area contributed by atoms with Gasteiger partial charge in [-0.25, -0.2) is 13.6 Å². The van der Waals surface area contributed by atoms with Crippen LogP contribution in [0.15, 0.2) is 66.7 Å². The number of benzene rings is 3. The van der Waals surface area contributed by atoms with Crippen molar-refractivity contribution in [3.8, 4) is 11.1 Å². The second-order valence-corrected chi connectivity index (χ2v) is 8.67. The van der Waals surface area contributed by atoms with Gasteiger partial charge in [-0.3, -0.25) is 0 Å². The number of urea groups is 1. The zero-order chi connectivity index (χ0) is 23.1. The van der Waals surface area contributed by atoms with Crippen LogP contribution in [0.2, 0.25) is 0 Å². The highest BCUT2D eigenvalue weighted by atomic mass is 19.1. The molecule has 2 amide bonds.